The quantitative estimate of drug-likeness (QED) is 0.214. The first-order valence-electron chi connectivity index (χ1n) is 8.89. The molecule has 0 radical (unpaired) electrons. The van der Waals surface area contributed by atoms with Gasteiger partial charge in [-0.05, 0) is 24.3 Å². The minimum absolute atomic E-state index is 0. The van der Waals surface area contributed by atoms with Crippen molar-refractivity contribution in [3.8, 4) is 11.5 Å². The van der Waals surface area contributed by atoms with Gasteiger partial charge in [0.15, 0.2) is 17.6 Å². The van der Waals surface area contributed by atoms with Crippen molar-refractivity contribution in [2.24, 2.45) is 4.99 Å². The lowest BCUT2D eigenvalue weighted by atomic mass is 10.3. The standard InChI is InChI=1S/C20H25F2N3O3.HI/c1-23-20(24-9-12-28-17-7-8-18(21)19(22)14-17)25-15-5-3-6-16(13-15)27-11-4-10-26-2;/h3,5-8,13-14H,4,9-12H2,1-2H3,(H2,23,24,25);1H. The summed E-state index contributed by atoms with van der Waals surface area (Å²) in [5, 5.41) is 6.24. The number of benzene rings is 2. The van der Waals surface area contributed by atoms with E-state index in [-0.39, 0.29) is 36.3 Å². The van der Waals surface area contributed by atoms with Crippen molar-refractivity contribution in [1.29, 1.82) is 0 Å². The van der Waals surface area contributed by atoms with Crippen molar-refractivity contribution in [3.05, 3.63) is 54.1 Å². The maximum Gasteiger partial charge on any atom is 0.195 e. The van der Waals surface area contributed by atoms with Crippen LogP contribution in [0.25, 0.3) is 0 Å². The Morgan fingerprint density at radius 1 is 0.966 bits per heavy atom. The largest absolute Gasteiger partial charge is 0.493 e. The predicted molar refractivity (Wildman–Crippen MR) is 121 cm³/mol. The second-order valence-electron chi connectivity index (χ2n) is 5.77. The van der Waals surface area contributed by atoms with Gasteiger partial charge in [0.2, 0.25) is 0 Å². The molecule has 2 aromatic rings. The highest BCUT2D eigenvalue weighted by molar-refractivity contribution is 14.0. The summed E-state index contributed by atoms with van der Waals surface area (Å²) >= 11 is 0. The highest BCUT2D eigenvalue weighted by Crippen LogP contribution is 2.17. The van der Waals surface area contributed by atoms with Crippen molar-refractivity contribution in [1.82, 2.24) is 5.32 Å². The van der Waals surface area contributed by atoms with Gasteiger partial charge in [-0.2, -0.15) is 0 Å². The molecule has 0 saturated heterocycles. The minimum atomic E-state index is -0.938. The van der Waals surface area contributed by atoms with Gasteiger partial charge in [-0.1, -0.05) is 6.07 Å². The van der Waals surface area contributed by atoms with Gasteiger partial charge in [0.05, 0.1) is 13.2 Å². The monoisotopic (exact) mass is 521 g/mol. The van der Waals surface area contributed by atoms with Crippen LogP contribution < -0.4 is 20.1 Å². The summed E-state index contributed by atoms with van der Waals surface area (Å²) < 4.78 is 42.1. The van der Waals surface area contributed by atoms with E-state index in [1.54, 1.807) is 14.2 Å². The first-order chi connectivity index (χ1) is 13.6. The zero-order valence-corrected chi connectivity index (χ0v) is 18.7. The molecule has 0 unspecified atom stereocenters. The molecule has 0 aliphatic rings. The molecule has 0 aliphatic carbocycles. The molecule has 160 valence electrons. The Balaban J connectivity index is 0.00000420. The van der Waals surface area contributed by atoms with E-state index in [2.05, 4.69) is 15.6 Å². The van der Waals surface area contributed by atoms with E-state index in [4.69, 9.17) is 14.2 Å². The SMILES string of the molecule is CN=C(NCCOc1ccc(F)c(F)c1)Nc1cccc(OCCCOC)c1.I. The zero-order chi connectivity index (χ0) is 20.2. The van der Waals surface area contributed by atoms with Gasteiger partial charge in [-0.25, -0.2) is 8.78 Å². The molecule has 9 heteroatoms. The summed E-state index contributed by atoms with van der Waals surface area (Å²) in [5.74, 6) is -0.280. The smallest absolute Gasteiger partial charge is 0.195 e. The lowest BCUT2D eigenvalue weighted by Gasteiger charge is -2.13. The Morgan fingerprint density at radius 2 is 1.72 bits per heavy atom. The van der Waals surface area contributed by atoms with Gasteiger partial charge in [0.1, 0.15) is 18.1 Å². The third-order valence-corrected chi connectivity index (χ3v) is 3.64. The van der Waals surface area contributed by atoms with Crippen LogP contribution in [-0.4, -0.2) is 46.5 Å². The van der Waals surface area contributed by atoms with Crippen molar-refractivity contribution in [2.75, 3.05) is 45.8 Å². The van der Waals surface area contributed by atoms with Crippen LogP contribution >= 0.6 is 24.0 Å². The van der Waals surface area contributed by atoms with Crippen LogP contribution in [-0.2, 0) is 4.74 Å². The van der Waals surface area contributed by atoms with Crippen molar-refractivity contribution < 1.29 is 23.0 Å². The Kier molecular flexibility index (Phi) is 12.0. The minimum Gasteiger partial charge on any atom is -0.493 e. The molecular weight excluding hydrogens is 495 g/mol. The fourth-order valence-corrected chi connectivity index (χ4v) is 2.28. The molecule has 0 atom stereocenters. The molecule has 2 aromatic carbocycles. The molecule has 0 aliphatic heterocycles. The maximum atomic E-state index is 13.1. The molecule has 6 nitrogen and oxygen atoms in total. The average molecular weight is 521 g/mol. The highest BCUT2D eigenvalue weighted by atomic mass is 127. The molecule has 0 heterocycles. The lowest BCUT2D eigenvalue weighted by molar-refractivity contribution is 0.172. The summed E-state index contributed by atoms with van der Waals surface area (Å²) in [6.45, 7) is 1.91. The fraction of sp³-hybridized carbons (Fsp3) is 0.350. The van der Waals surface area contributed by atoms with Crippen LogP contribution in [0.2, 0.25) is 0 Å². The first kappa shape index (κ1) is 24.9. The van der Waals surface area contributed by atoms with Crippen LogP contribution in [0.3, 0.4) is 0 Å². The van der Waals surface area contributed by atoms with E-state index in [9.17, 15) is 8.78 Å². The number of hydrogen-bond donors (Lipinski definition) is 2. The summed E-state index contributed by atoms with van der Waals surface area (Å²) in [6.07, 6.45) is 0.815. The molecule has 0 aromatic heterocycles. The van der Waals surface area contributed by atoms with Gasteiger partial charge in [0.25, 0.3) is 0 Å². The summed E-state index contributed by atoms with van der Waals surface area (Å²) in [6, 6.07) is 11.0. The number of guanidine groups is 1. The lowest BCUT2D eigenvalue weighted by Crippen LogP contribution is -2.33. The Labute approximate surface area is 186 Å². The number of halogens is 3. The predicted octanol–water partition coefficient (Wildman–Crippen LogP) is 4.06. The first-order valence-corrected chi connectivity index (χ1v) is 8.89. The van der Waals surface area contributed by atoms with E-state index in [0.29, 0.717) is 25.7 Å². The van der Waals surface area contributed by atoms with Gasteiger partial charge in [-0.3, -0.25) is 4.99 Å². The van der Waals surface area contributed by atoms with Crippen molar-refractivity contribution in [2.45, 2.75) is 6.42 Å². The molecule has 2 rings (SSSR count). The van der Waals surface area contributed by atoms with Crippen LogP contribution in [0.5, 0.6) is 11.5 Å². The summed E-state index contributed by atoms with van der Waals surface area (Å²) in [5.41, 5.74) is 0.818. The molecule has 2 N–H and O–H groups in total. The highest BCUT2D eigenvalue weighted by Gasteiger charge is 2.04. The zero-order valence-electron chi connectivity index (χ0n) is 16.4. The maximum absolute atomic E-state index is 13.1. The molecule has 0 amide bonds. The molecule has 29 heavy (non-hydrogen) atoms. The van der Waals surface area contributed by atoms with Crippen molar-refractivity contribution >= 4 is 35.6 Å². The summed E-state index contributed by atoms with van der Waals surface area (Å²) in [7, 11) is 3.31. The number of aliphatic imine (C=N–C) groups is 1. The van der Waals surface area contributed by atoms with Crippen LogP contribution in [0.1, 0.15) is 6.42 Å². The topological polar surface area (TPSA) is 64.1 Å². The third-order valence-electron chi connectivity index (χ3n) is 3.64. The number of methoxy groups -OCH3 is 1. The van der Waals surface area contributed by atoms with Gasteiger partial charge in [0, 0.05) is 45.0 Å². The van der Waals surface area contributed by atoms with Crippen LogP contribution in [0, 0.1) is 11.6 Å². The Hall–Kier alpha value is -2.14. The Bertz CT molecular complexity index is 778. The molecular formula is C20H26F2IN3O3. The number of nitrogens with one attached hydrogen (secondary N) is 2. The number of ether oxygens (including phenoxy) is 3. The van der Waals surface area contributed by atoms with Gasteiger partial charge in [-0.15, -0.1) is 24.0 Å². The third kappa shape index (κ3) is 9.27. The van der Waals surface area contributed by atoms with Crippen LogP contribution in [0.15, 0.2) is 47.5 Å². The van der Waals surface area contributed by atoms with E-state index >= 15 is 0 Å². The number of nitrogens with zero attached hydrogens (tertiary/aromatic N) is 1. The van der Waals surface area contributed by atoms with Crippen molar-refractivity contribution in [3.63, 3.8) is 0 Å². The number of hydrogen-bond acceptors (Lipinski definition) is 4. The second-order valence-corrected chi connectivity index (χ2v) is 5.77. The average Bonchev–Trinajstić information content (AvgIpc) is 2.70. The normalized spacial score (nSPS) is 10.8. The van der Waals surface area contributed by atoms with E-state index in [0.717, 1.165) is 30.0 Å². The van der Waals surface area contributed by atoms with Gasteiger partial charge >= 0.3 is 0 Å². The molecule has 0 spiro atoms. The van der Waals surface area contributed by atoms with E-state index in [1.807, 2.05) is 24.3 Å². The molecule has 0 bridgehead atoms. The van der Waals surface area contributed by atoms with Crippen LogP contribution in [0.4, 0.5) is 14.5 Å². The number of anilines is 1. The number of rotatable bonds is 10. The fourth-order valence-electron chi connectivity index (χ4n) is 2.28. The second kappa shape index (κ2) is 13.9. The molecule has 0 fully saturated rings. The van der Waals surface area contributed by atoms with E-state index in [1.165, 1.54) is 6.07 Å². The Morgan fingerprint density at radius 3 is 2.45 bits per heavy atom. The summed E-state index contributed by atoms with van der Waals surface area (Å²) in [4.78, 5) is 4.14. The van der Waals surface area contributed by atoms with Gasteiger partial charge < -0.3 is 24.8 Å². The van der Waals surface area contributed by atoms with E-state index < -0.39 is 11.6 Å². The molecule has 0 saturated carbocycles.